The number of carbonyl (C=O) groups is 1. The normalized spacial score (nSPS) is 24.0. The average Bonchev–Trinajstić information content (AvgIpc) is 2.57. The molecule has 4 rings (SSSR count). The third kappa shape index (κ3) is 3.56. The average molecular weight is 329 g/mol. The van der Waals surface area contributed by atoms with Crippen molar-refractivity contribution in [2.45, 2.75) is 57.1 Å². The lowest BCUT2D eigenvalue weighted by Gasteiger charge is -2.41. The molecule has 0 amide bonds. The zero-order valence-electron chi connectivity index (χ0n) is 14.3. The Balaban J connectivity index is 1.27. The van der Waals surface area contributed by atoms with E-state index < -0.39 is 0 Å². The van der Waals surface area contributed by atoms with Crippen molar-refractivity contribution in [2.75, 3.05) is 31.1 Å². The molecular formula is C19H27N3O2. The molecule has 0 spiro atoms. The van der Waals surface area contributed by atoms with Gasteiger partial charge in [-0.2, -0.15) is 0 Å². The molecule has 0 bridgehead atoms. The van der Waals surface area contributed by atoms with Crippen LogP contribution in [0.3, 0.4) is 0 Å². The van der Waals surface area contributed by atoms with Crippen LogP contribution >= 0.6 is 0 Å². The van der Waals surface area contributed by atoms with Gasteiger partial charge in [0.2, 0.25) is 5.88 Å². The van der Waals surface area contributed by atoms with Crippen molar-refractivity contribution in [1.29, 1.82) is 0 Å². The van der Waals surface area contributed by atoms with Gasteiger partial charge in [0.25, 0.3) is 0 Å². The predicted octanol–water partition coefficient (Wildman–Crippen LogP) is 2.65. The molecule has 5 nitrogen and oxygen atoms in total. The van der Waals surface area contributed by atoms with Crippen molar-refractivity contribution in [3.05, 3.63) is 18.3 Å². The van der Waals surface area contributed by atoms with Crippen molar-refractivity contribution in [1.82, 2.24) is 9.88 Å². The molecule has 1 saturated carbocycles. The minimum absolute atomic E-state index is 0.298. The number of Topliss-reactive ketones (excluding diaryl/α,β-unsaturated/α-hetero) is 1. The first-order valence-corrected chi connectivity index (χ1v) is 9.41. The largest absolute Gasteiger partial charge is 0.474 e. The Bertz CT molecular complexity index is 552. The Hall–Kier alpha value is -1.62. The van der Waals surface area contributed by atoms with Gasteiger partial charge in [-0.25, -0.2) is 4.98 Å². The lowest BCUT2D eigenvalue weighted by atomic mass is 9.90. The van der Waals surface area contributed by atoms with E-state index in [1.807, 2.05) is 12.3 Å². The van der Waals surface area contributed by atoms with Gasteiger partial charge < -0.3 is 14.5 Å². The van der Waals surface area contributed by atoms with E-state index in [9.17, 15) is 4.79 Å². The minimum Gasteiger partial charge on any atom is -0.474 e. The van der Waals surface area contributed by atoms with E-state index in [2.05, 4.69) is 20.9 Å². The summed E-state index contributed by atoms with van der Waals surface area (Å²) in [5, 5.41) is 0. The summed E-state index contributed by atoms with van der Waals surface area (Å²) in [6.07, 6.45) is 9.87. The maximum atomic E-state index is 11.3. The summed E-state index contributed by atoms with van der Waals surface area (Å²) in [4.78, 5) is 20.7. The number of hydrogen-bond donors (Lipinski definition) is 0. The number of anilines is 1. The molecule has 2 aliphatic heterocycles. The number of aromatic nitrogens is 1. The zero-order chi connectivity index (χ0) is 16.4. The first-order chi connectivity index (χ1) is 11.8. The number of carbonyl (C=O) groups excluding carboxylic acids is 1. The molecule has 130 valence electrons. The third-order valence-electron chi connectivity index (χ3n) is 5.76. The number of rotatable bonds is 4. The van der Waals surface area contributed by atoms with Crippen LogP contribution in [0.25, 0.3) is 0 Å². The van der Waals surface area contributed by atoms with E-state index in [1.54, 1.807) is 0 Å². The van der Waals surface area contributed by atoms with Crippen LogP contribution in [0.15, 0.2) is 18.3 Å². The van der Waals surface area contributed by atoms with Crippen LogP contribution in [0, 0.1) is 0 Å². The van der Waals surface area contributed by atoms with Gasteiger partial charge in [0.05, 0.1) is 11.9 Å². The second kappa shape index (κ2) is 7.09. The van der Waals surface area contributed by atoms with Gasteiger partial charge in [0.15, 0.2) is 0 Å². The lowest BCUT2D eigenvalue weighted by molar-refractivity contribution is -0.119. The molecule has 24 heavy (non-hydrogen) atoms. The summed E-state index contributed by atoms with van der Waals surface area (Å²) in [5.41, 5.74) is 1.09. The summed E-state index contributed by atoms with van der Waals surface area (Å²) >= 11 is 0. The number of ether oxygens (including phenoxy) is 1. The van der Waals surface area contributed by atoms with Crippen molar-refractivity contribution < 1.29 is 9.53 Å². The van der Waals surface area contributed by atoms with Crippen molar-refractivity contribution in [2.24, 2.45) is 0 Å². The van der Waals surface area contributed by atoms with E-state index >= 15 is 0 Å². The number of nitrogens with zero attached hydrogens (tertiary/aromatic N) is 3. The number of likely N-dealkylation sites (tertiary alicyclic amines) is 1. The summed E-state index contributed by atoms with van der Waals surface area (Å²) < 4.78 is 6.08. The minimum atomic E-state index is 0.298. The Kier molecular flexibility index (Phi) is 4.69. The summed E-state index contributed by atoms with van der Waals surface area (Å²) in [5.74, 6) is 1.10. The fraction of sp³-hybridized carbons (Fsp3) is 0.684. The molecule has 1 aliphatic carbocycles. The molecule has 0 radical (unpaired) electrons. The summed E-state index contributed by atoms with van der Waals surface area (Å²) in [7, 11) is 0. The molecule has 0 atom stereocenters. The monoisotopic (exact) mass is 329 g/mol. The number of piperidine rings is 2. The molecule has 1 aromatic rings. The fourth-order valence-electron chi connectivity index (χ4n) is 3.92. The van der Waals surface area contributed by atoms with Crippen LogP contribution < -0.4 is 9.64 Å². The molecule has 0 N–H and O–H groups in total. The van der Waals surface area contributed by atoms with Gasteiger partial charge in [-0.15, -0.1) is 0 Å². The quantitative estimate of drug-likeness (QED) is 0.850. The molecule has 0 unspecified atom stereocenters. The molecule has 2 saturated heterocycles. The predicted molar refractivity (Wildman–Crippen MR) is 93.6 cm³/mol. The summed E-state index contributed by atoms with van der Waals surface area (Å²) in [6.45, 7) is 3.94. The molecule has 1 aromatic heterocycles. The number of hydrogen-bond acceptors (Lipinski definition) is 5. The van der Waals surface area contributed by atoms with Gasteiger partial charge in [-0.05, 0) is 31.7 Å². The first kappa shape index (κ1) is 15.9. The standard InChI is InChI=1S/C19H27N3O2/c23-17-6-10-22(11-7-17)16-4-5-19(20-14-16)24-18-8-12-21(13-9-18)15-2-1-3-15/h4-5,14-15,18H,1-3,6-13H2. The highest BCUT2D eigenvalue weighted by molar-refractivity contribution is 5.80. The van der Waals surface area contributed by atoms with Crippen LogP contribution in [0.5, 0.6) is 5.88 Å². The van der Waals surface area contributed by atoms with Crippen molar-refractivity contribution in [3.63, 3.8) is 0 Å². The van der Waals surface area contributed by atoms with E-state index in [0.29, 0.717) is 24.7 Å². The molecule has 3 fully saturated rings. The Morgan fingerprint density at radius 1 is 1.00 bits per heavy atom. The van der Waals surface area contributed by atoms with Crippen LogP contribution in [0.2, 0.25) is 0 Å². The molecule has 3 heterocycles. The van der Waals surface area contributed by atoms with E-state index in [4.69, 9.17) is 4.74 Å². The van der Waals surface area contributed by atoms with Gasteiger partial charge in [0, 0.05) is 51.1 Å². The van der Waals surface area contributed by atoms with Gasteiger partial charge in [-0.3, -0.25) is 4.79 Å². The number of ketones is 1. The van der Waals surface area contributed by atoms with Crippen LogP contribution in [-0.4, -0.2) is 54.0 Å². The Labute approximate surface area is 144 Å². The van der Waals surface area contributed by atoms with E-state index in [0.717, 1.165) is 56.6 Å². The van der Waals surface area contributed by atoms with E-state index in [-0.39, 0.29) is 0 Å². The zero-order valence-corrected chi connectivity index (χ0v) is 14.3. The number of pyridine rings is 1. The molecule has 0 aromatic carbocycles. The smallest absolute Gasteiger partial charge is 0.213 e. The highest BCUT2D eigenvalue weighted by Gasteiger charge is 2.29. The SMILES string of the molecule is O=C1CCN(c2ccc(OC3CCN(C4CCC4)CC3)nc2)CC1. The van der Waals surface area contributed by atoms with Crippen LogP contribution in [0.1, 0.15) is 44.9 Å². The third-order valence-corrected chi connectivity index (χ3v) is 5.76. The van der Waals surface area contributed by atoms with Crippen LogP contribution in [0.4, 0.5) is 5.69 Å². The molecule has 5 heteroatoms. The van der Waals surface area contributed by atoms with Crippen molar-refractivity contribution >= 4 is 11.5 Å². The first-order valence-electron chi connectivity index (χ1n) is 9.41. The lowest BCUT2D eigenvalue weighted by Crippen LogP contribution is -2.46. The highest BCUT2D eigenvalue weighted by Crippen LogP contribution is 2.28. The maximum Gasteiger partial charge on any atom is 0.213 e. The van der Waals surface area contributed by atoms with Crippen molar-refractivity contribution in [3.8, 4) is 5.88 Å². The second-order valence-corrected chi connectivity index (χ2v) is 7.32. The van der Waals surface area contributed by atoms with Gasteiger partial charge in [0.1, 0.15) is 11.9 Å². The van der Waals surface area contributed by atoms with E-state index in [1.165, 1.54) is 19.3 Å². The maximum absolute atomic E-state index is 11.3. The van der Waals surface area contributed by atoms with Gasteiger partial charge in [-0.1, -0.05) is 6.42 Å². The summed E-state index contributed by atoms with van der Waals surface area (Å²) in [6, 6.07) is 4.89. The highest BCUT2D eigenvalue weighted by atomic mass is 16.5. The van der Waals surface area contributed by atoms with Crippen LogP contribution in [-0.2, 0) is 4.79 Å². The molecular weight excluding hydrogens is 302 g/mol. The Morgan fingerprint density at radius 2 is 1.75 bits per heavy atom. The second-order valence-electron chi connectivity index (χ2n) is 7.32. The topological polar surface area (TPSA) is 45.7 Å². The molecule has 3 aliphatic rings. The Morgan fingerprint density at radius 3 is 2.33 bits per heavy atom. The van der Waals surface area contributed by atoms with Gasteiger partial charge >= 0.3 is 0 Å². The fourth-order valence-corrected chi connectivity index (χ4v) is 3.92.